The molecule has 4 heterocycles. The van der Waals surface area contributed by atoms with Crippen LogP contribution in [0.3, 0.4) is 0 Å². The first kappa shape index (κ1) is 23.4. The number of likely N-dealkylation sites (tertiary alicyclic amines) is 1. The second-order valence-electron chi connectivity index (χ2n) is 10.7. The fourth-order valence-electron chi connectivity index (χ4n) is 4.43. The maximum absolute atomic E-state index is 13.5. The maximum atomic E-state index is 13.5. The third kappa shape index (κ3) is 4.36. The summed E-state index contributed by atoms with van der Waals surface area (Å²) < 4.78 is 1.99. The summed E-state index contributed by atoms with van der Waals surface area (Å²) in [6.07, 6.45) is 2.07. The molecule has 0 N–H and O–H groups in total. The first-order valence-corrected chi connectivity index (χ1v) is 13.3. The second kappa shape index (κ2) is 8.52. The van der Waals surface area contributed by atoms with Gasteiger partial charge in [-0.1, -0.05) is 20.8 Å². The van der Waals surface area contributed by atoms with E-state index < -0.39 is 0 Å². The smallest absolute Gasteiger partial charge is 0.242 e. The van der Waals surface area contributed by atoms with Gasteiger partial charge in [-0.3, -0.25) is 14.5 Å². The summed E-state index contributed by atoms with van der Waals surface area (Å²) in [4.78, 5) is 30.2. The Morgan fingerprint density at radius 1 is 1.16 bits per heavy atom. The molecule has 0 aliphatic carbocycles. The minimum absolute atomic E-state index is 0.0115. The Hall–Kier alpha value is -1.80. The average Bonchev–Trinajstić information content (AvgIpc) is 3.43. The van der Waals surface area contributed by atoms with Crippen LogP contribution in [0.2, 0.25) is 0 Å². The molecule has 4 rings (SSSR count). The molecule has 1 saturated heterocycles. The monoisotopic (exact) mass is 474 g/mol. The number of hydrogen-bond acceptors (Lipinski definition) is 5. The van der Waals surface area contributed by atoms with Gasteiger partial charge < -0.3 is 4.90 Å². The molecule has 0 aromatic carbocycles. The summed E-state index contributed by atoms with van der Waals surface area (Å²) >= 11 is 3.32. The highest BCUT2D eigenvalue weighted by Gasteiger charge is 2.41. The molecule has 2 aliphatic rings. The summed E-state index contributed by atoms with van der Waals surface area (Å²) in [6, 6.07) is 2.14. The molecular formula is C24H34N4O2S2. The van der Waals surface area contributed by atoms with E-state index in [0.29, 0.717) is 5.75 Å². The van der Waals surface area contributed by atoms with Crippen LogP contribution >= 0.6 is 23.1 Å². The summed E-state index contributed by atoms with van der Waals surface area (Å²) in [5, 5.41) is 9.37. The highest BCUT2D eigenvalue weighted by atomic mass is 32.2. The van der Waals surface area contributed by atoms with E-state index in [0.717, 1.165) is 43.0 Å². The molecule has 1 fully saturated rings. The quantitative estimate of drug-likeness (QED) is 0.642. The number of nitrogens with zero attached hydrogens (tertiary/aromatic N) is 4. The van der Waals surface area contributed by atoms with Gasteiger partial charge >= 0.3 is 0 Å². The zero-order chi connectivity index (χ0) is 23.3. The van der Waals surface area contributed by atoms with E-state index in [1.807, 2.05) is 9.58 Å². The molecule has 32 heavy (non-hydrogen) atoms. The minimum Gasteiger partial charge on any atom is -0.341 e. The number of amides is 2. The molecule has 0 bridgehead atoms. The zero-order valence-electron chi connectivity index (χ0n) is 20.0. The molecule has 0 saturated carbocycles. The van der Waals surface area contributed by atoms with Gasteiger partial charge in [0.15, 0.2) is 0 Å². The summed E-state index contributed by atoms with van der Waals surface area (Å²) in [7, 11) is 0. The van der Waals surface area contributed by atoms with E-state index in [4.69, 9.17) is 5.10 Å². The van der Waals surface area contributed by atoms with E-state index in [9.17, 15) is 9.59 Å². The van der Waals surface area contributed by atoms with Crippen LogP contribution in [0.15, 0.2) is 16.8 Å². The van der Waals surface area contributed by atoms with E-state index >= 15 is 0 Å². The summed E-state index contributed by atoms with van der Waals surface area (Å²) in [6.45, 7) is 14.5. The first-order chi connectivity index (χ1) is 15.0. The lowest BCUT2D eigenvalue weighted by molar-refractivity contribution is -0.130. The van der Waals surface area contributed by atoms with Gasteiger partial charge in [0.1, 0.15) is 12.4 Å². The lowest BCUT2D eigenvalue weighted by atomic mass is 9.87. The zero-order valence-corrected chi connectivity index (χ0v) is 21.6. The number of aromatic nitrogens is 2. The molecule has 2 aliphatic heterocycles. The number of fused-ring (bicyclic) bond motifs is 1. The van der Waals surface area contributed by atoms with Gasteiger partial charge in [-0.2, -0.15) is 16.4 Å². The molecule has 1 atom stereocenters. The largest absolute Gasteiger partial charge is 0.341 e. The Kier molecular flexibility index (Phi) is 6.22. The Morgan fingerprint density at radius 2 is 1.84 bits per heavy atom. The molecule has 6 nitrogen and oxygen atoms in total. The van der Waals surface area contributed by atoms with Gasteiger partial charge in [-0.05, 0) is 56.0 Å². The van der Waals surface area contributed by atoms with Crippen LogP contribution < -0.4 is 4.90 Å². The molecule has 0 radical (unpaired) electrons. The fourth-order valence-corrected chi connectivity index (χ4v) is 6.39. The SMILES string of the molecule is CC(C)(C)c1nn(C(C)(C)C)c2c1C(c1ccsc1)SCC(=O)N2CC(=O)N1CCCC1. The molecule has 174 valence electrons. The van der Waals surface area contributed by atoms with E-state index in [1.165, 1.54) is 5.56 Å². The van der Waals surface area contributed by atoms with Gasteiger partial charge in [-0.25, -0.2) is 4.68 Å². The van der Waals surface area contributed by atoms with Crippen LogP contribution in [0.5, 0.6) is 0 Å². The van der Waals surface area contributed by atoms with E-state index in [2.05, 4.69) is 58.4 Å². The van der Waals surface area contributed by atoms with Crippen molar-refractivity contribution in [3.63, 3.8) is 0 Å². The lowest BCUT2D eigenvalue weighted by Crippen LogP contribution is -2.44. The van der Waals surface area contributed by atoms with Gasteiger partial charge in [0, 0.05) is 24.1 Å². The van der Waals surface area contributed by atoms with Crippen LogP contribution in [-0.4, -0.2) is 51.9 Å². The predicted octanol–water partition coefficient (Wildman–Crippen LogP) is 4.79. The maximum Gasteiger partial charge on any atom is 0.242 e. The van der Waals surface area contributed by atoms with Crippen molar-refractivity contribution in [2.24, 2.45) is 0 Å². The standard InChI is InChI=1S/C24H34N4O2S2/c1-23(2,3)21-19-20(16-9-12-31-14-16)32-15-18(30)27(13-17(29)26-10-7-8-11-26)22(19)28(25-21)24(4,5)6/h9,12,14,20H,7-8,10-11,13,15H2,1-6H3. The Morgan fingerprint density at radius 3 is 2.41 bits per heavy atom. The van der Waals surface area contributed by atoms with Crippen LogP contribution in [-0.2, 0) is 20.5 Å². The van der Waals surface area contributed by atoms with Gasteiger partial charge in [0.25, 0.3) is 0 Å². The number of carbonyl (C=O) groups excluding carboxylic acids is 2. The second-order valence-corrected chi connectivity index (χ2v) is 12.6. The fraction of sp³-hybridized carbons (Fsp3) is 0.625. The Labute approximate surface area is 199 Å². The highest BCUT2D eigenvalue weighted by Crippen LogP contribution is 2.49. The molecule has 8 heteroatoms. The van der Waals surface area contributed by atoms with E-state index in [1.54, 1.807) is 28.0 Å². The summed E-state index contributed by atoms with van der Waals surface area (Å²) in [5.41, 5.74) is 2.74. The molecule has 0 spiro atoms. The lowest BCUT2D eigenvalue weighted by Gasteiger charge is -2.29. The van der Waals surface area contributed by atoms with Crippen molar-refractivity contribution < 1.29 is 9.59 Å². The predicted molar refractivity (Wildman–Crippen MR) is 133 cm³/mol. The van der Waals surface area contributed by atoms with Crippen molar-refractivity contribution in [1.82, 2.24) is 14.7 Å². The van der Waals surface area contributed by atoms with Gasteiger partial charge in [0.05, 0.1) is 22.2 Å². The van der Waals surface area contributed by atoms with Crippen molar-refractivity contribution in [2.75, 3.05) is 30.3 Å². The third-order valence-corrected chi connectivity index (χ3v) is 7.99. The molecule has 1 unspecified atom stereocenters. The van der Waals surface area contributed by atoms with E-state index in [-0.39, 0.29) is 34.6 Å². The third-order valence-electron chi connectivity index (χ3n) is 6.03. The van der Waals surface area contributed by atoms with Crippen LogP contribution in [0, 0.1) is 0 Å². The van der Waals surface area contributed by atoms with Crippen molar-refractivity contribution in [1.29, 1.82) is 0 Å². The molecular weight excluding hydrogens is 440 g/mol. The average molecular weight is 475 g/mol. The molecule has 2 aromatic heterocycles. The number of thiophene rings is 1. The Bertz CT molecular complexity index is 993. The van der Waals surface area contributed by atoms with Crippen molar-refractivity contribution >= 4 is 40.7 Å². The van der Waals surface area contributed by atoms with Crippen LogP contribution in [0.4, 0.5) is 5.82 Å². The summed E-state index contributed by atoms with van der Waals surface area (Å²) in [5.74, 6) is 1.14. The number of carbonyl (C=O) groups is 2. The number of rotatable bonds is 3. The highest BCUT2D eigenvalue weighted by molar-refractivity contribution is 8.00. The van der Waals surface area contributed by atoms with Crippen LogP contribution in [0.25, 0.3) is 0 Å². The normalized spacial score (nSPS) is 19.9. The van der Waals surface area contributed by atoms with Gasteiger partial charge in [0.2, 0.25) is 11.8 Å². The number of anilines is 1. The Balaban J connectivity index is 1.92. The van der Waals surface area contributed by atoms with Crippen molar-refractivity contribution in [3.05, 3.63) is 33.6 Å². The van der Waals surface area contributed by atoms with Crippen molar-refractivity contribution in [3.8, 4) is 0 Å². The number of thioether (sulfide) groups is 1. The topological polar surface area (TPSA) is 58.4 Å². The molecule has 2 amide bonds. The van der Waals surface area contributed by atoms with Gasteiger partial charge in [-0.15, -0.1) is 11.8 Å². The minimum atomic E-state index is -0.336. The molecule has 2 aromatic rings. The van der Waals surface area contributed by atoms with Crippen LogP contribution in [0.1, 0.15) is 76.5 Å². The number of hydrogen-bond donors (Lipinski definition) is 0. The van der Waals surface area contributed by atoms with Crippen molar-refractivity contribution in [2.45, 2.75) is 70.6 Å². The first-order valence-electron chi connectivity index (χ1n) is 11.3.